The van der Waals surface area contributed by atoms with E-state index in [1.807, 2.05) is 24.3 Å². The van der Waals surface area contributed by atoms with E-state index in [1.54, 1.807) is 7.11 Å². The van der Waals surface area contributed by atoms with Crippen LogP contribution < -0.4 is 10.1 Å². The zero-order valence-corrected chi connectivity index (χ0v) is 11.6. The number of halogens is 2. The van der Waals surface area contributed by atoms with Crippen LogP contribution in [0.25, 0.3) is 0 Å². The highest BCUT2D eigenvalue weighted by molar-refractivity contribution is 6.33. The maximum atomic E-state index is 13.1. The molecule has 0 saturated carbocycles. The molecule has 1 N–H and O–H groups in total. The van der Waals surface area contributed by atoms with Gasteiger partial charge in [-0.2, -0.15) is 0 Å². The molecule has 1 amide bonds. The maximum Gasteiger partial charge on any atom is 0.253 e. The summed E-state index contributed by atoms with van der Waals surface area (Å²) in [6.07, 6.45) is 0. The average molecular weight is 294 g/mol. The molecule has 5 heteroatoms. The Morgan fingerprint density at radius 1 is 1.30 bits per heavy atom. The van der Waals surface area contributed by atoms with Crippen LogP contribution in [0, 0.1) is 5.82 Å². The normalized spacial score (nSPS) is 10.2. The topological polar surface area (TPSA) is 38.3 Å². The van der Waals surface area contributed by atoms with Crippen molar-refractivity contribution in [3.63, 3.8) is 0 Å². The predicted octanol–water partition coefficient (Wildman–Crippen LogP) is 3.42. The lowest BCUT2D eigenvalue weighted by Crippen LogP contribution is -2.23. The first-order valence-corrected chi connectivity index (χ1v) is 6.34. The van der Waals surface area contributed by atoms with E-state index in [2.05, 4.69) is 5.32 Å². The molecule has 2 rings (SSSR count). The molecule has 104 valence electrons. The lowest BCUT2D eigenvalue weighted by Gasteiger charge is -2.08. The molecule has 0 radical (unpaired) electrons. The van der Waals surface area contributed by atoms with Crippen LogP contribution in [0.3, 0.4) is 0 Å². The van der Waals surface area contributed by atoms with E-state index in [9.17, 15) is 9.18 Å². The van der Waals surface area contributed by atoms with E-state index in [0.29, 0.717) is 12.3 Å². The molecule has 0 atom stereocenters. The second-order valence-electron chi connectivity index (χ2n) is 4.16. The summed E-state index contributed by atoms with van der Waals surface area (Å²) in [5, 5.41) is 2.91. The summed E-state index contributed by atoms with van der Waals surface area (Å²) in [4.78, 5) is 12.0. The summed E-state index contributed by atoms with van der Waals surface area (Å²) in [7, 11) is 1.57. The lowest BCUT2D eigenvalue weighted by atomic mass is 10.2. The van der Waals surface area contributed by atoms with Crippen LogP contribution in [-0.2, 0) is 6.54 Å². The quantitative estimate of drug-likeness (QED) is 0.938. The molecule has 0 aliphatic carbocycles. The van der Waals surface area contributed by atoms with Gasteiger partial charge in [0.2, 0.25) is 0 Å². The average Bonchev–Trinajstić information content (AvgIpc) is 2.47. The summed E-state index contributed by atoms with van der Waals surface area (Å²) in [6.45, 7) is 0.308. The van der Waals surface area contributed by atoms with Crippen LogP contribution in [0.1, 0.15) is 15.9 Å². The molecular formula is C15H13ClFNO2. The first kappa shape index (κ1) is 14.3. The number of hydrogen-bond donors (Lipinski definition) is 1. The van der Waals surface area contributed by atoms with Crippen LogP contribution in [0.4, 0.5) is 4.39 Å². The van der Waals surface area contributed by atoms with Crippen molar-refractivity contribution in [2.24, 2.45) is 0 Å². The zero-order valence-electron chi connectivity index (χ0n) is 10.8. The number of amides is 1. The van der Waals surface area contributed by atoms with Gasteiger partial charge in [0.1, 0.15) is 11.6 Å². The Hall–Kier alpha value is -2.07. The van der Waals surface area contributed by atoms with Gasteiger partial charge >= 0.3 is 0 Å². The van der Waals surface area contributed by atoms with Gasteiger partial charge in [0.25, 0.3) is 5.91 Å². The van der Waals surface area contributed by atoms with Crippen molar-refractivity contribution in [1.82, 2.24) is 5.32 Å². The third kappa shape index (κ3) is 3.48. The lowest BCUT2D eigenvalue weighted by molar-refractivity contribution is 0.0950. The third-order valence-electron chi connectivity index (χ3n) is 2.76. The molecule has 0 aliphatic heterocycles. The van der Waals surface area contributed by atoms with Gasteiger partial charge in [-0.1, -0.05) is 23.7 Å². The standard InChI is InChI=1S/C15H13ClFNO2/c1-20-12-4-2-3-10(7-12)9-18-15(19)13-8-11(17)5-6-14(13)16/h2-8H,9H2,1H3,(H,18,19). The van der Waals surface area contributed by atoms with E-state index >= 15 is 0 Å². The molecule has 2 aromatic carbocycles. The zero-order chi connectivity index (χ0) is 14.5. The molecule has 0 aliphatic rings. The highest BCUT2D eigenvalue weighted by Crippen LogP contribution is 2.17. The van der Waals surface area contributed by atoms with Gasteiger partial charge in [0.15, 0.2) is 0 Å². The van der Waals surface area contributed by atoms with Gasteiger partial charge in [0, 0.05) is 6.54 Å². The second kappa shape index (κ2) is 6.39. The Labute approximate surface area is 121 Å². The number of rotatable bonds is 4. The van der Waals surface area contributed by atoms with Crippen molar-refractivity contribution in [3.8, 4) is 5.75 Å². The molecular weight excluding hydrogens is 281 g/mol. The highest BCUT2D eigenvalue weighted by Gasteiger charge is 2.11. The Balaban J connectivity index is 2.06. The molecule has 0 saturated heterocycles. The molecule has 0 bridgehead atoms. The third-order valence-corrected chi connectivity index (χ3v) is 3.09. The Morgan fingerprint density at radius 3 is 2.85 bits per heavy atom. The van der Waals surface area contributed by atoms with Crippen LogP contribution in [0.5, 0.6) is 5.75 Å². The van der Waals surface area contributed by atoms with Crippen molar-refractivity contribution >= 4 is 17.5 Å². The number of benzene rings is 2. The maximum absolute atomic E-state index is 13.1. The van der Waals surface area contributed by atoms with Gasteiger partial charge in [-0.05, 0) is 35.9 Å². The van der Waals surface area contributed by atoms with E-state index < -0.39 is 11.7 Å². The minimum Gasteiger partial charge on any atom is -0.497 e. The Morgan fingerprint density at radius 2 is 2.10 bits per heavy atom. The number of ether oxygens (including phenoxy) is 1. The van der Waals surface area contributed by atoms with Crippen LogP contribution in [-0.4, -0.2) is 13.0 Å². The number of carbonyl (C=O) groups excluding carboxylic acids is 1. The summed E-state index contributed by atoms with van der Waals surface area (Å²) < 4.78 is 18.2. The fourth-order valence-electron chi connectivity index (χ4n) is 1.73. The van der Waals surface area contributed by atoms with Gasteiger partial charge in [0.05, 0.1) is 17.7 Å². The van der Waals surface area contributed by atoms with Crippen LogP contribution in [0.2, 0.25) is 5.02 Å². The Bertz CT molecular complexity index is 631. The molecule has 0 heterocycles. The van der Waals surface area contributed by atoms with Crippen molar-refractivity contribution < 1.29 is 13.9 Å². The van der Waals surface area contributed by atoms with Gasteiger partial charge < -0.3 is 10.1 Å². The largest absolute Gasteiger partial charge is 0.497 e. The first-order valence-electron chi connectivity index (χ1n) is 5.96. The summed E-state index contributed by atoms with van der Waals surface area (Å²) >= 11 is 5.87. The minimum absolute atomic E-state index is 0.120. The summed E-state index contributed by atoms with van der Waals surface area (Å²) in [5.74, 6) is -0.209. The van der Waals surface area contributed by atoms with E-state index in [1.165, 1.54) is 12.1 Å². The summed E-state index contributed by atoms with van der Waals surface area (Å²) in [6, 6.07) is 11.0. The van der Waals surface area contributed by atoms with Crippen molar-refractivity contribution in [2.75, 3.05) is 7.11 Å². The molecule has 20 heavy (non-hydrogen) atoms. The van der Waals surface area contributed by atoms with Crippen molar-refractivity contribution in [2.45, 2.75) is 6.54 Å². The van der Waals surface area contributed by atoms with Crippen LogP contribution >= 0.6 is 11.6 Å². The number of carbonyl (C=O) groups is 1. The Kier molecular flexibility index (Phi) is 4.58. The predicted molar refractivity (Wildman–Crippen MR) is 75.6 cm³/mol. The highest BCUT2D eigenvalue weighted by atomic mass is 35.5. The SMILES string of the molecule is COc1cccc(CNC(=O)c2cc(F)ccc2Cl)c1. The first-order chi connectivity index (χ1) is 9.60. The molecule has 0 unspecified atom stereocenters. The number of hydrogen-bond acceptors (Lipinski definition) is 2. The van der Waals surface area contributed by atoms with Gasteiger partial charge in [-0.3, -0.25) is 4.79 Å². The van der Waals surface area contributed by atoms with Gasteiger partial charge in [-0.25, -0.2) is 4.39 Å². The fourth-order valence-corrected chi connectivity index (χ4v) is 1.93. The monoisotopic (exact) mass is 293 g/mol. The van der Waals surface area contributed by atoms with Crippen LogP contribution in [0.15, 0.2) is 42.5 Å². The minimum atomic E-state index is -0.499. The molecule has 3 nitrogen and oxygen atoms in total. The summed E-state index contributed by atoms with van der Waals surface area (Å²) in [5.41, 5.74) is 1.000. The smallest absolute Gasteiger partial charge is 0.253 e. The molecule has 0 aromatic heterocycles. The second-order valence-corrected chi connectivity index (χ2v) is 4.57. The molecule has 2 aromatic rings. The van der Waals surface area contributed by atoms with E-state index in [4.69, 9.17) is 16.3 Å². The molecule has 0 fully saturated rings. The van der Waals surface area contributed by atoms with E-state index in [0.717, 1.165) is 11.6 Å². The van der Waals surface area contributed by atoms with Crippen molar-refractivity contribution in [1.29, 1.82) is 0 Å². The van der Waals surface area contributed by atoms with E-state index in [-0.39, 0.29) is 10.6 Å². The van der Waals surface area contributed by atoms with Crippen molar-refractivity contribution in [3.05, 3.63) is 64.4 Å². The van der Waals surface area contributed by atoms with Gasteiger partial charge in [-0.15, -0.1) is 0 Å². The number of nitrogens with one attached hydrogen (secondary N) is 1. The number of methoxy groups -OCH3 is 1. The fraction of sp³-hybridized carbons (Fsp3) is 0.133. The molecule has 0 spiro atoms.